The lowest BCUT2D eigenvalue weighted by atomic mass is 9.98. The Morgan fingerprint density at radius 2 is 1.89 bits per heavy atom. The van der Waals surface area contributed by atoms with Gasteiger partial charge in [0, 0.05) is 17.7 Å². The summed E-state index contributed by atoms with van der Waals surface area (Å²) in [4.78, 5) is 8.78. The third-order valence-corrected chi connectivity index (χ3v) is 3.06. The van der Waals surface area contributed by atoms with Gasteiger partial charge in [-0.3, -0.25) is 0 Å². The summed E-state index contributed by atoms with van der Waals surface area (Å²) in [6, 6.07) is 1.82. The lowest BCUT2D eigenvalue weighted by molar-refractivity contribution is 0.132. The van der Waals surface area contributed by atoms with E-state index in [1.54, 1.807) is 0 Å². The number of hydrogen-bond acceptors (Lipinski definition) is 5. The van der Waals surface area contributed by atoms with Crippen LogP contribution in [0.25, 0.3) is 0 Å². The standard InChI is InChI=1S/C13H23N3O2/c1-5-13(7-17,8-18)16-11-6-10(4)14-12(15-11)9(2)3/h6,9,17-18H,5,7-8H2,1-4H3,(H,14,15,16). The van der Waals surface area contributed by atoms with Crippen molar-refractivity contribution in [2.24, 2.45) is 0 Å². The Bertz CT molecular complexity index is 382. The zero-order valence-corrected chi connectivity index (χ0v) is 11.6. The van der Waals surface area contributed by atoms with Crippen molar-refractivity contribution in [2.75, 3.05) is 18.5 Å². The number of aliphatic hydroxyl groups excluding tert-OH is 2. The van der Waals surface area contributed by atoms with Crippen molar-refractivity contribution in [3.63, 3.8) is 0 Å². The highest BCUT2D eigenvalue weighted by atomic mass is 16.3. The molecule has 1 rings (SSSR count). The van der Waals surface area contributed by atoms with Crippen LogP contribution in [0, 0.1) is 6.92 Å². The molecule has 0 radical (unpaired) electrons. The average molecular weight is 253 g/mol. The molecule has 0 atom stereocenters. The first-order valence-corrected chi connectivity index (χ1v) is 6.32. The predicted octanol–water partition coefficient (Wildman–Crippen LogP) is 1.45. The first kappa shape index (κ1) is 14.9. The van der Waals surface area contributed by atoms with E-state index >= 15 is 0 Å². The Kier molecular flexibility index (Phi) is 5.04. The Morgan fingerprint density at radius 1 is 1.28 bits per heavy atom. The molecule has 5 heteroatoms. The Labute approximate surface area is 108 Å². The van der Waals surface area contributed by atoms with Gasteiger partial charge in [-0.2, -0.15) is 0 Å². The number of aromatic nitrogens is 2. The number of aliphatic hydroxyl groups is 2. The zero-order chi connectivity index (χ0) is 13.8. The fourth-order valence-electron chi connectivity index (χ4n) is 1.63. The van der Waals surface area contributed by atoms with Gasteiger partial charge in [0.2, 0.25) is 0 Å². The van der Waals surface area contributed by atoms with Crippen LogP contribution in [-0.2, 0) is 0 Å². The zero-order valence-electron chi connectivity index (χ0n) is 11.6. The van der Waals surface area contributed by atoms with Crippen molar-refractivity contribution < 1.29 is 10.2 Å². The molecule has 0 aliphatic heterocycles. The number of aryl methyl sites for hydroxylation is 1. The van der Waals surface area contributed by atoms with Crippen LogP contribution in [0.4, 0.5) is 5.82 Å². The number of rotatable bonds is 6. The van der Waals surface area contributed by atoms with Crippen LogP contribution in [-0.4, -0.2) is 38.9 Å². The molecule has 0 unspecified atom stereocenters. The van der Waals surface area contributed by atoms with E-state index in [-0.39, 0.29) is 19.1 Å². The van der Waals surface area contributed by atoms with Gasteiger partial charge in [-0.15, -0.1) is 0 Å². The van der Waals surface area contributed by atoms with E-state index < -0.39 is 5.54 Å². The third kappa shape index (κ3) is 3.40. The monoisotopic (exact) mass is 253 g/mol. The van der Waals surface area contributed by atoms with Crippen molar-refractivity contribution in [2.45, 2.75) is 45.6 Å². The van der Waals surface area contributed by atoms with Crippen molar-refractivity contribution in [3.05, 3.63) is 17.6 Å². The summed E-state index contributed by atoms with van der Waals surface area (Å²) in [5, 5.41) is 22.0. The molecule has 0 bridgehead atoms. The summed E-state index contributed by atoms with van der Waals surface area (Å²) in [5.41, 5.74) is 0.145. The molecule has 0 amide bonds. The van der Waals surface area contributed by atoms with E-state index in [4.69, 9.17) is 0 Å². The predicted molar refractivity (Wildman–Crippen MR) is 71.7 cm³/mol. The van der Waals surface area contributed by atoms with Crippen LogP contribution >= 0.6 is 0 Å². The summed E-state index contributed by atoms with van der Waals surface area (Å²) >= 11 is 0. The van der Waals surface area contributed by atoms with Gasteiger partial charge in [-0.25, -0.2) is 9.97 Å². The molecule has 102 valence electrons. The quantitative estimate of drug-likeness (QED) is 0.715. The summed E-state index contributed by atoms with van der Waals surface area (Å²) in [6.45, 7) is 7.61. The Balaban J connectivity index is 3.03. The molecule has 0 aliphatic carbocycles. The number of nitrogens with one attached hydrogen (secondary N) is 1. The number of anilines is 1. The topological polar surface area (TPSA) is 78.3 Å². The molecule has 0 fully saturated rings. The highest BCUT2D eigenvalue weighted by Gasteiger charge is 2.27. The van der Waals surface area contributed by atoms with Gasteiger partial charge in [0.1, 0.15) is 11.6 Å². The molecular formula is C13H23N3O2. The smallest absolute Gasteiger partial charge is 0.133 e. The second-order valence-electron chi connectivity index (χ2n) is 4.98. The van der Waals surface area contributed by atoms with Gasteiger partial charge < -0.3 is 15.5 Å². The highest BCUT2D eigenvalue weighted by molar-refractivity contribution is 5.39. The molecule has 0 aliphatic rings. The van der Waals surface area contributed by atoms with Gasteiger partial charge in [0.15, 0.2) is 0 Å². The second kappa shape index (κ2) is 6.11. The first-order valence-electron chi connectivity index (χ1n) is 6.32. The van der Waals surface area contributed by atoms with Crippen molar-refractivity contribution in [1.82, 2.24) is 9.97 Å². The maximum atomic E-state index is 9.42. The average Bonchev–Trinajstić information content (AvgIpc) is 2.35. The maximum absolute atomic E-state index is 9.42. The van der Waals surface area contributed by atoms with Crippen molar-refractivity contribution >= 4 is 5.82 Å². The lowest BCUT2D eigenvalue weighted by Crippen LogP contribution is -2.45. The van der Waals surface area contributed by atoms with Gasteiger partial charge in [0.25, 0.3) is 0 Å². The molecule has 3 N–H and O–H groups in total. The molecule has 1 aromatic rings. The van der Waals surface area contributed by atoms with Crippen LogP contribution in [0.5, 0.6) is 0 Å². The minimum atomic E-state index is -0.727. The van der Waals surface area contributed by atoms with Crippen LogP contribution in [0.15, 0.2) is 6.07 Å². The Morgan fingerprint density at radius 3 is 2.33 bits per heavy atom. The normalized spacial score (nSPS) is 11.9. The minimum absolute atomic E-state index is 0.139. The van der Waals surface area contributed by atoms with Crippen molar-refractivity contribution in [1.29, 1.82) is 0 Å². The molecule has 1 aromatic heterocycles. The molecule has 5 nitrogen and oxygen atoms in total. The molecule has 0 saturated carbocycles. The van der Waals surface area contributed by atoms with E-state index in [1.807, 2.05) is 33.8 Å². The van der Waals surface area contributed by atoms with Crippen LogP contribution in [0.3, 0.4) is 0 Å². The van der Waals surface area contributed by atoms with Gasteiger partial charge in [-0.1, -0.05) is 20.8 Å². The van der Waals surface area contributed by atoms with Crippen molar-refractivity contribution in [3.8, 4) is 0 Å². The van der Waals surface area contributed by atoms with E-state index in [0.29, 0.717) is 12.2 Å². The fraction of sp³-hybridized carbons (Fsp3) is 0.692. The van der Waals surface area contributed by atoms with E-state index in [9.17, 15) is 10.2 Å². The maximum Gasteiger partial charge on any atom is 0.133 e. The molecule has 0 spiro atoms. The highest BCUT2D eigenvalue weighted by Crippen LogP contribution is 2.19. The van der Waals surface area contributed by atoms with Gasteiger partial charge in [0.05, 0.1) is 18.8 Å². The summed E-state index contributed by atoms with van der Waals surface area (Å²) in [7, 11) is 0. The summed E-state index contributed by atoms with van der Waals surface area (Å²) in [6.07, 6.45) is 0.611. The lowest BCUT2D eigenvalue weighted by Gasteiger charge is -2.30. The first-order chi connectivity index (χ1) is 8.46. The van der Waals surface area contributed by atoms with E-state index in [2.05, 4.69) is 15.3 Å². The molecule has 0 saturated heterocycles. The minimum Gasteiger partial charge on any atom is -0.394 e. The molecular weight excluding hydrogens is 230 g/mol. The Hall–Kier alpha value is -1.20. The van der Waals surface area contributed by atoms with Crippen LogP contribution in [0.1, 0.15) is 44.6 Å². The third-order valence-electron chi connectivity index (χ3n) is 3.06. The fourth-order valence-corrected chi connectivity index (χ4v) is 1.63. The van der Waals surface area contributed by atoms with Crippen LogP contribution in [0.2, 0.25) is 0 Å². The number of hydrogen-bond donors (Lipinski definition) is 3. The molecule has 0 aromatic carbocycles. The van der Waals surface area contributed by atoms with Crippen LogP contribution < -0.4 is 5.32 Å². The second-order valence-corrected chi connectivity index (χ2v) is 4.98. The summed E-state index contributed by atoms with van der Waals surface area (Å²) < 4.78 is 0. The van der Waals surface area contributed by atoms with Gasteiger partial charge >= 0.3 is 0 Å². The SMILES string of the molecule is CCC(CO)(CO)Nc1cc(C)nc(C(C)C)n1. The van der Waals surface area contributed by atoms with Gasteiger partial charge in [-0.05, 0) is 13.3 Å². The summed E-state index contributed by atoms with van der Waals surface area (Å²) in [5.74, 6) is 1.65. The van der Waals surface area contributed by atoms with E-state index in [1.165, 1.54) is 0 Å². The molecule has 18 heavy (non-hydrogen) atoms. The number of nitrogens with zero attached hydrogens (tertiary/aromatic N) is 2. The van der Waals surface area contributed by atoms with E-state index in [0.717, 1.165) is 11.5 Å². The largest absolute Gasteiger partial charge is 0.394 e. The molecule has 1 heterocycles.